The lowest BCUT2D eigenvalue weighted by atomic mass is 9.88. The van der Waals surface area contributed by atoms with Crippen LogP contribution in [0.3, 0.4) is 0 Å². The zero-order chi connectivity index (χ0) is 12.8. The molecule has 2 unspecified atom stereocenters. The first-order valence-electron chi connectivity index (χ1n) is 5.71. The number of amides is 1. The van der Waals surface area contributed by atoms with Crippen LogP contribution in [0.5, 0.6) is 0 Å². The van der Waals surface area contributed by atoms with Gasteiger partial charge < -0.3 is 10.4 Å². The third-order valence-electron chi connectivity index (χ3n) is 2.32. The molecule has 0 rings (SSSR count). The molecule has 1 amide bonds. The summed E-state index contributed by atoms with van der Waals surface area (Å²) in [6.45, 7) is 8.35. The molecule has 0 saturated heterocycles. The van der Waals surface area contributed by atoms with Crippen LogP contribution in [-0.4, -0.2) is 35.2 Å². The number of aliphatic hydroxyl groups is 1. The second-order valence-electron chi connectivity index (χ2n) is 5.46. The van der Waals surface area contributed by atoms with Crippen molar-refractivity contribution in [2.75, 3.05) is 12.9 Å². The molecule has 0 saturated carbocycles. The van der Waals surface area contributed by atoms with Gasteiger partial charge in [-0.05, 0) is 18.1 Å². The minimum atomic E-state index is -0.124. The van der Waals surface area contributed by atoms with Gasteiger partial charge in [-0.2, -0.15) is 11.8 Å². The molecule has 4 heteroatoms. The van der Waals surface area contributed by atoms with Gasteiger partial charge in [-0.25, -0.2) is 0 Å². The van der Waals surface area contributed by atoms with Crippen molar-refractivity contribution in [2.24, 2.45) is 5.41 Å². The average molecular weight is 247 g/mol. The molecular weight excluding hydrogens is 222 g/mol. The van der Waals surface area contributed by atoms with Gasteiger partial charge in [-0.1, -0.05) is 27.7 Å². The molecule has 96 valence electrons. The molecular formula is C12H25NO2S. The highest BCUT2D eigenvalue weighted by atomic mass is 32.2. The van der Waals surface area contributed by atoms with Gasteiger partial charge in [-0.15, -0.1) is 0 Å². The normalized spacial score (nSPS) is 15.6. The number of hydrogen-bond acceptors (Lipinski definition) is 3. The zero-order valence-electron chi connectivity index (χ0n) is 11.0. The van der Waals surface area contributed by atoms with E-state index in [1.165, 1.54) is 0 Å². The Kier molecular flexibility index (Phi) is 7.07. The van der Waals surface area contributed by atoms with E-state index >= 15 is 0 Å². The zero-order valence-corrected chi connectivity index (χ0v) is 11.9. The largest absolute Gasteiger partial charge is 0.394 e. The van der Waals surface area contributed by atoms with E-state index in [0.717, 1.165) is 6.42 Å². The first-order chi connectivity index (χ1) is 7.28. The highest BCUT2D eigenvalue weighted by Crippen LogP contribution is 2.20. The molecule has 0 radical (unpaired) electrons. The number of thioether (sulfide) groups is 1. The Morgan fingerprint density at radius 1 is 1.44 bits per heavy atom. The van der Waals surface area contributed by atoms with Crippen molar-refractivity contribution in [3.05, 3.63) is 0 Å². The van der Waals surface area contributed by atoms with E-state index < -0.39 is 0 Å². The molecule has 0 aromatic carbocycles. The Balaban J connectivity index is 4.07. The minimum absolute atomic E-state index is 0.0106. The summed E-state index contributed by atoms with van der Waals surface area (Å²) in [7, 11) is 0. The molecule has 0 spiro atoms. The van der Waals surface area contributed by atoms with Gasteiger partial charge in [0.2, 0.25) is 5.91 Å². The first-order valence-corrected chi connectivity index (χ1v) is 7.00. The summed E-state index contributed by atoms with van der Waals surface area (Å²) in [4.78, 5) is 11.6. The topological polar surface area (TPSA) is 49.3 Å². The highest BCUT2D eigenvalue weighted by molar-refractivity contribution is 7.99. The number of carbonyl (C=O) groups excluding carboxylic acids is 1. The van der Waals surface area contributed by atoms with E-state index in [2.05, 4.69) is 26.1 Å². The van der Waals surface area contributed by atoms with Crippen molar-refractivity contribution in [1.82, 2.24) is 5.32 Å². The van der Waals surface area contributed by atoms with Crippen LogP contribution < -0.4 is 5.32 Å². The fourth-order valence-corrected chi connectivity index (χ4v) is 1.85. The lowest BCUT2D eigenvalue weighted by Gasteiger charge is -2.25. The van der Waals surface area contributed by atoms with Gasteiger partial charge in [0, 0.05) is 11.7 Å². The first kappa shape index (κ1) is 15.8. The summed E-state index contributed by atoms with van der Waals surface area (Å²) in [5, 5.41) is 12.4. The quantitative estimate of drug-likeness (QED) is 0.755. The molecule has 0 heterocycles. The third kappa shape index (κ3) is 7.99. The van der Waals surface area contributed by atoms with Crippen molar-refractivity contribution >= 4 is 17.7 Å². The van der Waals surface area contributed by atoms with E-state index in [1.807, 2.05) is 13.2 Å². The number of carbonyl (C=O) groups is 1. The molecule has 2 N–H and O–H groups in total. The molecule has 0 aliphatic carbocycles. The predicted octanol–water partition coefficient (Wildman–Crippen LogP) is 2.04. The maximum absolute atomic E-state index is 11.6. The van der Waals surface area contributed by atoms with E-state index in [-0.39, 0.29) is 24.0 Å². The van der Waals surface area contributed by atoms with Crippen LogP contribution in [0.25, 0.3) is 0 Å². The van der Waals surface area contributed by atoms with Crippen LogP contribution in [0.15, 0.2) is 0 Å². The molecule has 0 aromatic rings. The number of aliphatic hydroxyl groups excluding tert-OH is 1. The van der Waals surface area contributed by atoms with E-state index in [1.54, 1.807) is 11.8 Å². The maximum Gasteiger partial charge on any atom is 0.221 e. The third-order valence-corrected chi connectivity index (χ3v) is 3.29. The second-order valence-corrected chi connectivity index (χ2v) is 6.74. The lowest BCUT2D eigenvalue weighted by Crippen LogP contribution is -2.40. The van der Waals surface area contributed by atoms with Crippen LogP contribution in [0, 0.1) is 5.41 Å². The van der Waals surface area contributed by atoms with Gasteiger partial charge >= 0.3 is 0 Å². The molecule has 16 heavy (non-hydrogen) atoms. The summed E-state index contributed by atoms with van der Waals surface area (Å²) in [6, 6.07) is -0.124. The smallest absolute Gasteiger partial charge is 0.221 e. The molecule has 0 aliphatic rings. The Morgan fingerprint density at radius 2 is 2.00 bits per heavy atom. The molecule has 0 aliphatic heterocycles. The average Bonchev–Trinajstić information content (AvgIpc) is 2.14. The Hall–Kier alpha value is -0.220. The minimum Gasteiger partial charge on any atom is -0.394 e. The molecule has 0 fully saturated rings. The van der Waals surface area contributed by atoms with Crippen molar-refractivity contribution < 1.29 is 9.90 Å². The van der Waals surface area contributed by atoms with Crippen molar-refractivity contribution in [1.29, 1.82) is 0 Å². The van der Waals surface area contributed by atoms with Gasteiger partial charge in [-0.3, -0.25) is 4.79 Å². The molecule has 0 aromatic heterocycles. The number of rotatable bonds is 6. The summed E-state index contributed by atoms with van der Waals surface area (Å²) >= 11 is 1.68. The Labute approximate surface area is 103 Å². The second kappa shape index (κ2) is 7.17. The standard InChI is InChI=1S/C12H25NO2S/c1-9(16-5)6-11(15)13-10(8-14)7-12(2,3)4/h9-10,14H,6-8H2,1-5H3,(H,13,15). The van der Waals surface area contributed by atoms with E-state index in [9.17, 15) is 9.90 Å². The van der Waals surface area contributed by atoms with Crippen molar-refractivity contribution in [3.8, 4) is 0 Å². The van der Waals surface area contributed by atoms with Crippen LogP contribution >= 0.6 is 11.8 Å². The van der Waals surface area contributed by atoms with Crippen LogP contribution in [0.2, 0.25) is 0 Å². The summed E-state index contributed by atoms with van der Waals surface area (Å²) < 4.78 is 0. The van der Waals surface area contributed by atoms with Gasteiger partial charge in [0.15, 0.2) is 0 Å². The summed E-state index contributed by atoms with van der Waals surface area (Å²) in [6.07, 6.45) is 3.31. The van der Waals surface area contributed by atoms with Crippen LogP contribution in [-0.2, 0) is 4.79 Å². The number of hydrogen-bond donors (Lipinski definition) is 2. The maximum atomic E-state index is 11.6. The Bertz CT molecular complexity index is 214. The fraction of sp³-hybridized carbons (Fsp3) is 0.917. The monoisotopic (exact) mass is 247 g/mol. The van der Waals surface area contributed by atoms with Gasteiger partial charge in [0.05, 0.1) is 12.6 Å². The Morgan fingerprint density at radius 3 is 2.38 bits per heavy atom. The van der Waals surface area contributed by atoms with Crippen LogP contribution in [0.4, 0.5) is 0 Å². The summed E-state index contributed by atoms with van der Waals surface area (Å²) in [5.41, 5.74) is 0.117. The fourth-order valence-electron chi connectivity index (χ4n) is 1.53. The SMILES string of the molecule is CSC(C)CC(=O)NC(CO)CC(C)(C)C. The van der Waals surface area contributed by atoms with Crippen molar-refractivity contribution in [3.63, 3.8) is 0 Å². The molecule has 2 atom stereocenters. The lowest BCUT2D eigenvalue weighted by molar-refractivity contribution is -0.122. The highest BCUT2D eigenvalue weighted by Gasteiger charge is 2.20. The number of nitrogens with one attached hydrogen (secondary N) is 1. The van der Waals surface area contributed by atoms with Crippen molar-refractivity contribution in [2.45, 2.75) is 51.8 Å². The van der Waals surface area contributed by atoms with E-state index in [0.29, 0.717) is 11.7 Å². The van der Waals surface area contributed by atoms with E-state index in [4.69, 9.17) is 0 Å². The van der Waals surface area contributed by atoms with Gasteiger partial charge in [0.25, 0.3) is 0 Å². The van der Waals surface area contributed by atoms with Gasteiger partial charge in [0.1, 0.15) is 0 Å². The predicted molar refractivity (Wildman–Crippen MR) is 70.7 cm³/mol. The summed E-state index contributed by atoms with van der Waals surface area (Å²) in [5.74, 6) is 0.0325. The molecule has 0 bridgehead atoms. The van der Waals surface area contributed by atoms with Crippen LogP contribution in [0.1, 0.15) is 40.5 Å². The molecule has 3 nitrogen and oxygen atoms in total.